The second-order valence-corrected chi connectivity index (χ2v) is 15.2. The van der Waals surface area contributed by atoms with E-state index in [1.807, 2.05) is 26.8 Å². The van der Waals surface area contributed by atoms with Crippen molar-refractivity contribution in [3.05, 3.63) is 23.7 Å². The minimum Gasteiger partial charge on any atom is -0.469 e. The summed E-state index contributed by atoms with van der Waals surface area (Å²) >= 11 is 0. The summed E-state index contributed by atoms with van der Waals surface area (Å²) in [6.07, 6.45) is 4.08. The number of unbranched alkanes of at least 4 members (excludes halogenated alkanes) is 2. The number of aliphatic hydroxyl groups excluding tert-OH is 1. The highest BCUT2D eigenvalue weighted by Gasteiger charge is 2.92. The van der Waals surface area contributed by atoms with E-state index in [-0.39, 0.29) is 30.2 Å². The van der Waals surface area contributed by atoms with E-state index in [2.05, 4.69) is 13.8 Å². The van der Waals surface area contributed by atoms with Gasteiger partial charge in [-0.25, -0.2) is 4.79 Å². The molecule has 2 bridgehead atoms. The maximum absolute atomic E-state index is 14.5. The average molecular weight is 583 g/mol. The fourth-order valence-electron chi connectivity index (χ4n) is 11.9. The lowest BCUT2D eigenvalue weighted by atomic mass is 9.34. The van der Waals surface area contributed by atoms with Gasteiger partial charge in [-0.2, -0.15) is 0 Å². The Balaban J connectivity index is 1.32. The van der Waals surface area contributed by atoms with Crippen molar-refractivity contribution in [2.45, 2.75) is 115 Å². The van der Waals surface area contributed by atoms with E-state index in [1.54, 1.807) is 6.26 Å². The Bertz CT molecular complexity index is 1380. The van der Waals surface area contributed by atoms with Crippen molar-refractivity contribution in [3.8, 4) is 0 Å². The highest BCUT2D eigenvalue weighted by atomic mass is 16.7. The zero-order valence-corrected chi connectivity index (χ0v) is 25.1. The monoisotopic (exact) mass is 582 g/mol. The molecule has 1 aromatic heterocycles. The number of rotatable bonds is 5. The van der Waals surface area contributed by atoms with Crippen molar-refractivity contribution in [3.63, 3.8) is 0 Å². The van der Waals surface area contributed by atoms with Crippen LogP contribution in [-0.2, 0) is 39.8 Å². The molecular formula is C33H42O9. The number of hydrogen-bond acceptors (Lipinski definition) is 9. The number of ketones is 1. The Kier molecular flexibility index (Phi) is 5.38. The number of Topliss-reactive ketones (excluding diaryl/α,β-unsaturated/α-hetero) is 1. The van der Waals surface area contributed by atoms with Gasteiger partial charge in [0.15, 0.2) is 11.9 Å². The number of carbonyl (C=O) groups excluding carboxylic acids is 3. The molecule has 0 unspecified atom stereocenters. The third kappa shape index (κ3) is 2.81. The first-order chi connectivity index (χ1) is 19.9. The quantitative estimate of drug-likeness (QED) is 0.311. The summed E-state index contributed by atoms with van der Waals surface area (Å²) in [5, 5.41) is 12.3. The number of esters is 2. The Hall–Kier alpha value is -2.23. The first-order valence-corrected chi connectivity index (χ1v) is 15.9. The van der Waals surface area contributed by atoms with Gasteiger partial charge in [0.1, 0.15) is 30.2 Å². The molecule has 0 aromatic carbocycles. The van der Waals surface area contributed by atoms with Crippen molar-refractivity contribution < 1.29 is 42.9 Å². The molecule has 9 nitrogen and oxygen atoms in total. The second kappa shape index (κ2) is 8.27. The Morgan fingerprint density at radius 1 is 1.00 bits per heavy atom. The van der Waals surface area contributed by atoms with E-state index in [1.165, 1.54) is 0 Å². The predicted molar refractivity (Wildman–Crippen MR) is 146 cm³/mol. The van der Waals surface area contributed by atoms with Crippen LogP contribution < -0.4 is 0 Å². The SMILES string of the molecule is CCCCCc1occc1[C@@H]1OC(=O)[C@H]2O[C@@]23[C@]2(C)[C@H](O)C(=O)[C@@H]4C(C)(C)O[C@H]5[C@@H]6CC[C@@H](C[C@@]13C)[C@@H]2[C@]45COC6=O. The molecule has 0 amide bonds. The van der Waals surface area contributed by atoms with Gasteiger partial charge in [0.2, 0.25) is 0 Å². The van der Waals surface area contributed by atoms with Crippen molar-refractivity contribution in [2.75, 3.05) is 6.61 Å². The number of carbonyl (C=O) groups is 3. The lowest BCUT2D eigenvalue weighted by molar-refractivity contribution is -0.266. The molecule has 7 aliphatic rings. The van der Waals surface area contributed by atoms with E-state index < -0.39 is 69.7 Å². The Morgan fingerprint density at radius 2 is 1.79 bits per heavy atom. The summed E-state index contributed by atoms with van der Waals surface area (Å²) < 4.78 is 31.4. The average Bonchev–Trinajstić information content (AvgIpc) is 3.51. The number of epoxide rings is 1. The fraction of sp³-hybridized carbons (Fsp3) is 0.788. The van der Waals surface area contributed by atoms with E-state index in [0.29, 0.717) is 12.8 Å². The molecule has 3 saturated carbocycles. The van der Waals surface area contributed by atoms with Gasteiger partial charge in [-0.15, -0.1) is 0 Å². The molecule has 4 saturated heterocycles. The first kappa shape index (κ1) is 27.3. The molecule has 12 atom stereocenters. The highest BCUT2D eigenvalue weighted by molar-refractivity contribution is 5.92. The van der Waals surface area contributed by atoms with Crippen LogP contribution in [0.25, 0.3) is 0 Å². The van der Waals surface area contributed by atoms with Crippen molar-refractivity contribution >= 4 is 17.7 Å². The molecule has 5 heterocycles. The molecule has 1 N–H and O–H groups in total. The smallest absolute Gasteiger partial charge is 0.339 e. The number of furan rings is 1. The molecule has 8 rings (SSSR count). The van der Waals surface area contributed by atoms with Gasteiger partial charge in [0.25, 0.3) is 0 Å². The van der Waals surface area contributed by atoms with Crippen molar-refractivity contribution in [2.24, 2.45) is 39.9 Å². The van der Waals surface area contributed by atoms with Gasteiger partial charge >= 0.3 is 11.9 Å². The van der Waals surface area contributed by atoms with E-state index in [9.17, 15) is 19.5 Å². The van der Waals surface area contributed by atoms with Gasteiger partial charge in [-0.1, -0.05) is 33.6 Å². The third-order valence-corrected chi connectivity index (χ3v) is 13.0. The van der Waals surface area contributed by atoms with Crippen LogP contribution in [0.2, 0.25) is 0 Å². The normalized spacial score (nSPS) is 51.0. The first-order valence-electron chi connectivity index (χ1n) is 15.9. The van der Waals surface area contributed by atoms with E-state index in [0.717, 1.165) is 43.4 Å². The molecule has 2 spiro atoms. The van der Waals surface area contributed by atoms with E-state index >= 15 is 0 Å². The number of hydrogen-bond donors (Lipinski definition) is 1. The molecule has 0 radical (unpaired) electrons. The fourth-order valence-corrected chi connectivity index (χ4v) is 11.9. The van der Waals surface area contributed by atoms with Crippen molar-refractivity contribution in [1.29, 1.82) is 0 Å². The van der Waals surface area contributed by atoms with Crippen LogP contribution in [0.5, 0.6) is 0 Å². The highest BCUT2D eigenvalue weighted by Crippen LogP contribution is 2.82. The maximum atomic E-state index is 14.5. The van der Waals surface area contributed by atoms with Gasteiger partial charge in [-0.3, -0.25) is 9.59 Å². The van der Waals surface area contributed by atoms with Crippen LogP contribution >= 0.6 is 0 Å². The molecule has 1 aromatic rings. The number of cyclic esters (lactones) is 2. The van der Waals surface area contributed by atoms with Crippen LogP contribution in [0, 0.1) is 39.9 Å². The minimum atomic E-state index is -1.37. The summed E-state index contributed by atoms with van der Waals surface area (Å²) in [5.74, 6) is -1.57. The summed E-state index contributed by atoms with van der Waals surface area (Å²) in [6.45, 7) is 10.1. The van der Waals surface area contributed by atoms with Gasteiger partial charge < -0.3 is 28.5 Å². The third-order valence-electron chi connectivity index (χ3n) is 13.0. The number of aryl methyl sites for hydroxylation is 1. The lowest BCUT2D eigenvalue weighted by Crippen LogP contribution is -2.77. The molecule has 3 aliphatic carbocycles. The summed E-state index contributed by atoms with van der Waals surface area (Å²) in [6, 6.07) is 1.91. The molecule has 4 aliphatic heterocycles. The Morgan fingerprint density at radius 3 is 2.55 bits per heavy atom. The summed E-state index contributed by atoms with van der Waals surface area (Å²) in [4.78, 5) is 41.4. The van der Waals surface area contributed by atoms with Crippen LogP contribution in [0.1, 0.15) is 90.6 Å². The van der Waals surface area contributed by atoms with Crippen LogP contribution in [0.4, 0.5) is 0 Å². The number of ether oxygens (including phenoxy) is 4. The second-order valence-electron chi connectivity index (χ2n) is 15.2. The molecule has 9 heteroatoms. The Labute approximate surface area is 246 Å². The standard InChI is InChI=1S/C33H42O9/c1-6-7-8-9-19-17(12-13-38-19)24-30(4)14-16-10-11-18-25-32(15-39-27(18)36)21(16)31(5,33(30)26(42-33)28(37)40-24)23(35)20(34)22(32)29(2,3)41-25/h12-13,16,18,21-26,35H,6-11,14-15H2,1-5H3/t16-,18-,21-,22+,23+,24-,25-,26+,30-,31-,32+,33-/m0/s1. The van der Waals surface area contributed by atoms with Gasteiger partial charge in [-0.05, 0) is 57.4 Å². The van der Waals surface area contributed by atoms with Crippen molar-refractivity contribution in [1.82, 2.24) is 0 Å². The van der Waals surface area contributed by atoms with Gasteiger partial charge in [0, 0.05) is 28.2 Å². The summed E-state index contributed by atoms with van der Waals surface area (Å²) in [7, 11) is 0. The van der Waals surface area contributed by atoms with Crippen LogP contribution in [0.3, 0.4) is 0 Å². The van der Waals surface area contributed by atoms with Crippen LogP contribution in [-0.4, -0.2) is 58.9 Å². The maximum Gasteiger partial charge on any atom is 0.339 e. The lowest BCUT2D eigenvalue weighted by Gasteiger charge is -2.68. The van der Waals surface area contributed by atoms with E-state index in [4.69, 9.17) is 23.4 Å². The topological polar surface area (TPSA) is 125 Å². The largest absolute Gasteiger partial charge is 0.469 e. The molecular weight excluding hydrogens is 540 g/mol. The summed E-state index contributed by atoms with van der Waals surface area (Å²) in [5.41, 5.74) is -3.85. The van der Waals surface area contributed by atoms with Gasteiger partial charge in [0.05, 0.1) is 29.8 Å². The minimum absolute atomic E-state index is 0.0231. The molecule has 228 valence electrons. The zero-order valence-electron chi connectivity index (χ0n) is 25.1. The predicted octanol–water partition coefficient (Wildman–Crippen LogP) is 4.09. The van der Waals surface area contributed by atoms with Crippen LogP contribution in [0.15, 0.2) is 16.7 Å². The molecule has 7 fully saturated rings. The molecule has 42 heavy (non-hydrogen) atoms. The number of aliphatic hydroxyl groups is 1. The zero-order chi connectivity index (χ0) is 29.6.